The van der Waals surface area contributed by atoms with Crippen LogP contribution in [0.5, 0.6) is 0 Å². The molecule has 0 bridgehead atoms. The van der Waals surface area contributed by atoms with Crippen molar-refractivity contribution in [2.45, 2.75) is 57.9 Å². The minimum atomic E-state index is -0.237. The molecule has 25 heavy (non-hydrogen) atoms. The third kappa shape index (κ3) is 2.68. The van der Waals surface area contributed by atoms with Crippen LogP contribution in [-0.4, -0.2) is 22.3 Å². The van der Waals surface area contributed by atoms with Gasteiger partial charge in [-0.05, 0) is 43.4 Å². The fourth-order valence-electron chi connectivity index (χ4n) is 5.34. The number of likely N-dealkylation sites (tertiary alicyclic amines) is 1. The zero-order chi connectivity index (χ0) is 17.6. The Bertz CT molecular complexity index is 777. The molecule has 1 spiro atoms. The SMILES string of the molecule is C[C@@H]1C[C@@H](c2c[nH]cc(C#N)c2=O)N(C(=O)C2CC3(CCCC3)C2)C1. The minimum absolute atomic E-state index is 0.123. The van der Waals surface area contributed by atoms with Gasteiger partial charge in [0.2, 0.25) is 11.3 Å². The van der Waals surface area contributed by atoms with Crippen molar-refractivity contribution in [3.8, 4) is 6.07 Å². The monoisotopic (exact) mass is 339 g/mol. The van der Waals surface area contributed by atoms with Crippen molar-refractivity contribution in [1.29, 1.82) is 5.26 Å². The van der Waals surface area contributed by atoms with Crippen molar-refractivity contribution >= 4 is 5.91 Å². The molecule has 1 aromatic heterocycles. The first-order valence-electron chi connectivity index (χ1n) is 9.44. The number of aromatic amines is 1. The molecule has 1 aliphatic heterocycles. The van der Waals surface area contributed by atoms with Crippen LogP contribution in [0.4, 0.5) is 0 Å². The van der Waals surface area contributed by atoms with Crippen molar-refractivity contribution in [2.24, 2.45) is 17.3 Å². The number of aromatic nitrogens is 1. The van der Waals surface area contributed by atoms with Gasteiger partial charge in [0.15, 0.2) is 0 Å². The molecule has 2 heterocycles. The minimum Gasteiger partial charge on any atom is -0.366 e. The van der Waals surface area contributed by atoms with Crippen LogP contribution < -0.4 is 5.43 Å². The lowest BCUT2D eigenvalue weighted by Crippen LogP contribution is -2.46. The number of amides is 1. The molecule has 2 saturated carbocycles. The number of rotatable bonds is 2. The average molecular weight is 339 g/mol. The molecule has 3 fully saturated rings. The van der Waals surface area contributed by atoms with Gasteiger partial charge in [-0.25, -0.2) is 0 Å². The summed E-state index contributed by atoms with van der Waals surface area (Å²) >= 11 is 0. The van der Waals surface area contributed by atoms with Gasteiger partial charge >= 0.3 is 0 Å². The highest BCUT2D eigenvalue weighted by Gasteiger charge is 2.50. The van der Waals surface area contributed by atoms with Crippen LogP contribution in [0.25, 0.3) is 0 Å². The normalized spacial score (nSPS) is 28.1. The number of nitriles is 1. The third-order valence-electron chi connectivity index (χ3n) is 6.62. The highest BCUT2D eigenvalue weighted by atomic mass is 16.2. The summed E-state index contributed by atoms with van der Waals surface area (Å²) in [6.45, 7) is 2.84. The first-order valence-corrected chi connectivity index (χ1v) is 9.44. The van der Waals surface area contributed by atoms with E-state index in [0.29, 0.717) is 23.4 Å². The quantitative estimate of drug-likeness (QED) is 0.899. The summed E-state index contributed by atoms with van der Waals surface area (Å²) in [7, 11) is 0. The van der Waals surface area contributed by atoms with Gasteiger partial charge in [0, 0.05) is 30.4 Å². The van der Waals surface area contributed by atoms with E-state index in [1.165, 1.54) is 31.9 Å². The molecule has 1 N–H and O–H groups in total. The van der Waals surface area contributed by atoms with Gasteiger partial charge in [-0.15, -0.1) is 0 Å². The van der Waals surface area contributed by atoms with E-state index in [2.05, 4.69) is 11.9 Å². The summed E-state index contributed by atoms with van der Waals surface area (Å²) < 4.78 is 0. The molecule has 0 aromatic carbocycles. The van der Waals surface area contributed by atoms with E-state index in [4.69, 9.17) is 5.26 Å². The molecule has 0 unspecified atom stereocenters. The van der Waals surface area contributed by atoms with Crippen molar-refractivity contribution < 1.29 is 4.79 Å². The molecular formula is C20H25N3O2. The van der Waals surface area contributed by atoms with Crippen LogP contribution in [0, 0.1) is 28.6 Å². The molecule has 132 valence electrons. The summed E-state index contributed by atoms with van der Waals surface area (Å²) in [5.74, 6) is 0.720. The number of H-pyrrole nitrogens is 1. The zero-order valence-corrected chi connectivity index (χ0v) is 14.8. The van der Waals surface area contributed by atoms with E-state index in [9.17, 15) is 9.59 Å². The Morgan fingerprint density at radius 1 is 1.32 bits per heavy atom. The lowest BCUT2D eigenvalue weighted by Gasteiger charge is -2.46. The zero-order valence-electron chi connectivity index (χ0n) is 14.8. The number of nitrogens with one attached hydrogen (secondary N) is 1. The fourth-order valence-corrected chi connectivity index (χ4v) is 5.34. The van der Waals surface area contributed by atoms with Gasteiger partial charge < -0.3 is 9.88 Å². The van der Waals surface area contributed by atoms with Crippen molar-refractivity contribution in [1.82, 2.24) is 9.88 Å². The van der Waals surface area contributed by atoms with Crippen molar-refractivity contribution in [3.05, 3.63) is 33.7 Å². The van der Waals surface area contributed by atoms with E-state index in [0.717, 1.165) is 19.3 Å². The predicted octanol–water partition coefficient (Wildman–Crippen LogP) is 3.13. The molecule has 5 heteroatoms. The number of nitrogens with zero attached hydrogens (tertiary/aromatic N) is 2. The second-order valence-electron chi connectivity index (χ2n) is 8.42. The molecule has 4 rings (SSSR count). The van der Waals surface area contributed by atoms with Crippen LogP contribution in [0.3, 0.4) is 0 Å². The molecule has 0 radical (unpaired) electrons. The van der Waals surface area contributed by atoms with Gasteiger partial charge in [0.25, 0.3) is 0 Å². The number of hydrogen-bond acceptors (Lipinski definition) is 3. The van der Waals surface area contributed by atoms with Crippen LogP contribution in [0.1, 0.15) is 69.0 Å². The molecule has 1 saturated heterocycles. The Hall–Kier alpha value is -2.09. The summed E-state index contributed by atoms with van der Waals surface area (Å²) in [5, 5.41) is 9.12. The number of pyridine rings is 1. The maximum Gasteiger partial charge on any atom is 0.226 e. The average Bonchev–Trinajstić information content (AvgIpc) is 3.20. The lowest BCUT2D eigenvalue weighted by molar-refractivity contribution is -0.144. The molecule has 1 aromatic rings. The third-order valence-corrected chi connectivity index (χ3v) is 6.62. The number of carbonyl (C=O) groups is 1. The van der Waals surface area contributed by atoms with E-state index >= 15 is 0 Å². The summed E-state index contributed by atoms with van der Waals surface area (Å²) in [5.41, 5.74) is 0.892. The van der Waals surface area contributed by atoms with E-state index < -0.39 is 0 Å². The van der Waals surface area contributed by atoms with Crippen LogP contribution in [0.2, 0.25) is 0 Å². The molecule has 2 atom stereocenters. The fraction of sp³-hybridized carbons (Fsp3) is 0.650. The maximum absolute atomic E-state index is 13.1. The van der Waals surface area contributed by atoms with E-state index in [-0.39, 0.29) is 28.9 Å². The second kappa shape index (κ2) is 6.01. The smallest absolute Gasteiger partial charge is 0.226 e. The highest BCUT2D eigenvalue weighted by molar-refractivity contribution is 5.81. The van der Waals surface area contributed by atoms with Gasteiger partial charge in [-0.1, -0.05) is 19.8 Å². The van der Waals surface area contributed by atoms with E-state index in [1.807, 2.05) is 11.0 Å². The number of hydrogen-bond donors (Lipinski definition) is 1. The molecule has 5 nitrogen and oxygen atoms in total. The Morgan fingerprint density at radius 2 is 2.04 bits per heavy atom. The maximum atomic E-state index is 13.1. The topological polar surface area (TPSA) is 77.0 Å². The van der Waals surface area contributed by atoms with Gasteiger partial charge in [0.05, 0.1) is 6.04 Å². The highest BCUT2D eigenvalue weighted by Crippen LogP contribution is 2.57. The Labute approximate surface area is 148 Å². The standard InChI is InChI=1S/C20H25N3O2/c1-13-6-17(16-11-22-10-15(9-21)18(16)24)23(12-13)19(25)14-7-20(8-14)4-2-3-5-20/h10-11,13-14,17H,2-8,12H2,1H3,(H,22,24)/t13-,17+/m1/s1. The molecule has 1 amide bonds. The van der Waals surface area contributed by atoms with Crippen LogP contribution >= 0.6 is 0 Å². The van der Waals surface area contributed by atoms with Crippen molar-refractivity contribution in [3.63, 3.8) is 0 Å². The first kappa shape index (κ1) is 16.4. The lowest BCUT2D eigenvalue weighted by atomic mass is 9.60. The largest absolute Gasteiger partial charge is 0.366 e. The Kier molecular flexibility index (Phi) is 3.94. The summed E-state index contributed by atoms with van der Waals surface area (Å²) in [6, 6.07) is 1.75. The molecule has 2 aliphatic carbocycles. The van der Waals surface area contributed by atoms with Crippen LogP contribution in [0.15, 0.2) is 17.2 Å². The Morgan fingerprint density at radius 3 is 2.72 bits per heavy atom. The molecular weight excluding hydrogens is 314 g/mol. The Balaban J connectivity index is 1.56. The summed E-state index contributed by atoms with van der Waals surface area (Å²) in [4.78, 5) is 30.5. The van der Waals surface area contributed by atoms with Gasteiger partial charge in [-0.3, -0.25) is 9.59 Å². The summed E-state index contributed by atoms with van der Waals surface area (Å²) in [6.07, 6.45) is 11.1. The van der Waals surface area contributed by atoms with E-state index in [1.54, 1.807) is 6.20 Å². The van der Waals surface area contributed by atoms with Crippen LogP contribution in [-0.2, 0) is 4.79 Å². The second-order valence-corrected chi connectivity index (χ2v) is 8.42. The molecule has 3 aliphatic rings. The first-order chi connectivity index (χ1) is 12.0. The van der Waals surface area contributed by atoms with Gasteiger partial charge in [-0.2, -0.15) is 5.26 Å². The number of carbonyl (C=O) groups excluding carboxylic acids is 1. The predicted molar refractivity (Wildman–Crippen MR) is 93.6 cm³/mol. The van der Waals surface area contributed by atoms with Crippen molar-refractivity contribution in [2.75, 3.05) is 6.54 Å². The van der Waals surface area contributed by atoms with Gasteiger partial charge in [0.1, 0.15) is 11.6 Å².